The summed E-state index contributed by atoms with van der Waals surface area (Å²) in [5.74, 6) is -0.426. The fraction of sp³-hybridized carbons (Fsp3) is 0.500. The first-order valence-corrected chi connectivity index (χ1v) is 7.38. The van der Waals surface area contributed by atoms with E-state index in [4.69, 9.17) is 0 Å². The number of rotatable bonds is 2. The summed E-state index contributed by atoms with van der Waals surface area (Å²) in [6.45, 7) is 2.62. The van der Waals surface area contributed by atoms with E-state index in [9.17, 15) is 12.8 Å². The summed E-state index contributed by atoms with van der Waals surface area (Å²) >= 11 is 0. The van der Waals surface area contributed by atoms with Crippen LogP contribution in [0.1, 0.15) is 6.42 Å². The Morgan fingerprint density at radius 2 is 1.72 bits per heavy atom. The van der Waals surface area contributed by atoms with Gasteiger partial charge in [0.2, 0.25) is 10.0 Å². The molecule has 0 amide bonds. The number of nitrogens with zero attached hydrogens (tertiary/aromatic N) is 2. The van der Waals surface area contributed by atoms with Gasteiger partial charge in [0.1, 0.15) is 5.82 Å². The predicted molar refractivity (Wildman–Crippen MR) is 67.3 cm³/mol. The molecule has 1 aliphatic heterocycles. The minimum Gasteiger partial charge on any atom is -0.305 e. The van der Waals surface area contributed by atoms with Crippen LogP contribution >= 0.6 is 0 Å². The van der Waals surface area contributed by atoms with Crippen molar-refractivity contribution in [2.45, 2.75) is 11.3 Å². The van der Waals surface area contributed by atoms with Gasteiger partial charge in [-0.25, -0.2) is 12.8 Å². The third kappa shape index (κ3) is 2.88. The van der Waals surface area contributed by atoms with Gasteiger partial charge < -0.3 is 4.90 Å². The molecule has 1 saturated heterocycles. The molecule has 0 bridgehead atoms. The fourth-order valence-electron chi connectivity index (χ4n) is 2.02. The highest BCUT2D eigenvalue weighted by Gasteiger charge is 2.25. The van der Waals surface area contributed by atoms with Gasteiger partial charge in [0, 0.05) is 19.6 Å². The number of hydrogen-bond donors (Lipinski definition) is 0. The van der Waals surface area contributed by atoms with Crippen molar-refractivity contribution in [2.75, 3.05) is 33.2 Å². The Bertz CT molecular complexity index is 501. The molecule has 6 heteroatoms. The van der Waals surface area contributed by atoms with Crippen molar-refractivity contribution in [3.63, 3.8) is 0 Å². The summed E-state index contributed by atoms with van der Waals surface area (Å²) in [5, 5.41) is 0. The van der Waals surface area contributed by atoms with E-state index in [2.05, 4.69) is 4.90 Å². The van der Waals surface area contributed by atoms with Gasteiger partial charge in [-0.05, 0) is 44.3 Å². The smallest absolute Gasteiger partial charge is 0.243 e. The molecule has 1 aromatic carbocycles. The van der Waals surface area contributed by atoms with Crippen molar-refractivity contribution >= 4 is 10.0 Å². The highest BCUT2D eigenvalue weighted by Crippen LogP contribution is 2.17. The SMILES string of the molecule is CN1CCCN(S(=O)(=O)c2ccc(F)cc2)CC1. The van der Waals surface area contributed by atoms with E-state index in [1.54, 1.807) is 0 Å². The second-order valence-corrected chi connectivity index (χ2v) is 6.45. The third-order valence-corrected chi connectivity index (χ3v) is 5.04. The van der Waals surface area contributed by atoms with E-state index >= 15 is 0 Å². The van der Waals surface area contributed by atoms with Crippen molar-refractivity contribution in [2.24, 2.45) is 0 Å². The van der Waals surface area contributed by atoms with Gasteiger partial charge >= 0.3 is 0 Å². The Kier molecular flexibility index (Phi) is 3.99. The zero-order valence-electron chi connectivity index (χ0n) is 10.3. The van der Waals surface area contributed by atoms with Crippen LogP contribution in [-0.4, -0.2) is 50.8 Å². The molecule has 2 rings (SSSR count). The summed E-state index contributed by atoms with van der Waals surface area (Å²) in [4.78, 5) is 2.27. The molecule has 0 N–H and O–H groups in total. The summed E-state index contributed by atoms with van der Waals surface area (Å²) in [6.07, 6.45) is 0.816. The maximum absolute atomic E-state index is 12.8. The lowest BCUT2D eigenvalue weighted by Crippen LogP contribution is -2.34. The van der Waals surface area contributed by atoms with Crippen LogP contribution < -0.4 is 0 Å². The number of hydrogen-bond acceptors (Lipinski definition) is 3. The zero-order chi connectivity index (χ0) is 13.2. The van der Waals surface area contributed by atoms with Crippen LogP contribution in [0.4, 0.5) is 4.39 Å². The third-order valence-electron chi connectivity index (χ3n) is 3.13. The van der Waals surface area contributed by atoms with Gasteiger partial charge in [0.25, 0.3) is 0 Å². The van der Waals surface area contributed by atoms with Crippen LogP contribution in [0.15, 0.2) is 29.2 Å². The monoisotopic (exact) mass is 272 g/mol. The Labute approximate surface area is 107 Å². The molecule has 1 aliphatic rings. The molecule has 1 aromatic rings. The topological polar surface area (TPSA) is 40.6 Å². The predicted octanol–water partition coefficient (Wildman–Crippen LogP) is 1.15. The van der Waals surface area contributed by atoms with Gasteiger partial charge in [0.05, 0.1) is 4.90 Å². The molecule has 100 valence electrons. The lowest BCUT2D eigenvalue weighted by Gasteiger charge is -2.20. The largest absolute Gasteiger partial charge is 0.305 e. The highest BCUT2D eigenvalue weighted by molar-refractivity contribution is 7.89. The van der Waals surface area contributed by atoms with Crippen molar-refractivity contribution in [3.8, 4) is 0 Å². The molecular weight excluding hydrogens is 255 g/mol. The van der Waals surface area contributed by atoms with Crippen LogP contribution in [-0.2, 0) is 10.0 Å². The molecule has 0 aliphatic carbocycles. The molecule has 0 unspecified atom stereocenters. The minimum absolute atomic E-state index is 0.161. The number of halogens is 1. The fourth-order valence-corrected chi connectivity index (χ4v) is 3.49. The molecule has 0 saturated carbocycles. The molecule has 0 atom stereocenters. The van der Waals surface area contributed by atoms with Crippen LogP contribution in [0.3, 0.4) is 0 Å². The second-order valence-electron chi connectivity index (χ2n) is 4.51. The maximum atomic E-state index is 12.8. The van der Waals surface area contributed by atoms with E-state index in [1.807, 2.05) is 7.05 Å². The Morgan fingerprint density at radius 1 is 1.06 bits per heavy atom. The normalized spacial score (nSPS) is 19.7. The first-order valence-electron chi connectivity index (χ1n) is 5.94. The van der Waals surface area contributed by atoms with Crippen molar-refractivity contribution < 1.29 is 12.8 Å². The molecule has 18 heavy (non-hydrogen) atoms. The number of benzene rings is 1. The van der Waals surface area contributed by atoms with E-state index in [1.165, 1.54) is 28.6 Å². The van der Waals surface area contributed by atoms with Gasteiger partial charge in [-0.3, -0.25) is 0 Å². The van der Waals surface area contributed by atoms with E-state index in [-0.39, 0.29) is 4.90 Å². The van der Waals surface area contributed by atoms with E-state index in [0.29, 0.717) is 13.1 Å². The molecule has 0 aromatic heterocycles. The molecular formula is C12H17FN2O2S. The van der Waals surface area contributed by atoms with Crippen molar-refractivity contribution in [1.82, 2.24) is 9.21 Å². The van der Waals surface area contributed by atoms with Crippen LogP contribution in [0, 0.1) is 5.82 Å². The van der Waals surface area contributed by atoms with Crippen LogP contribution in [0.2, 0.25) is 0 Å². The van der Waals surface area contributed by atoms with Gasteiger partial charge in [-0.2, -0.15) is 4.31 Å². The Morgan fingerprint density at radius 3 is 2.39 bits per heavy atom. The number of sulfonamides is 1. The molecule has 1 heterocycles. The summed E-state index contributed by atoms with van der Waals surface area (Å²) in [5.41, 5.74) is 0. The quantitative estimate of drug-likeness (QED) is 0.811. The summed E-state index contributed by atoms with van der Waals surface area (Å²) < 4.78 is 39.0. The van der Waals surface area contributed by atoms with Gasteiger partial charge in [0.15, 0.2) is 0 Å². The van der Waals surface area contributed by atoms with Crippen molar-refractivity contribution in [1.29, 1.82) is 0 Å². The first-order chi connectivity index (χ1) is 8.50. The maximum Gasteiger partial charge on any atom is 0.243 e. The van der Waals surface area contributed by atoms with Crippen LogP contribution in [0.25, 0.3) is 0 Å². The lowest BCUT2D eigenvalue weighted by molar-refractivity contribution is 0.347. The van der Waals surface area contributed by atoms with Gasteiger partial charge in [-0.1, -0.05) is 0 Å². The Hall–Kier alpha value is -0.980. The summed E-state index contributed by atoms with van der Waals surface area (Å²) in [7, 11) is -1.51. The van der Waals surface area contributed by atoms with E-state index in [0.717, 1.165) is 19.5 Å². The average Bonchev–Trinajstić information content (AvgIpc) is 2.55. The highest BCUT2D eigenvalue weighted by atomic mass is 32.2. The first kappa shape index (κ1) is 13.5. The lowest BCUT2D eigenvalue weighted by atomic mass is 10.4. The molecule has 0 spiro atoms. The molecule has 4 nitrogen and oxygen atoms in total. The zero-order valence-corrected chi connectivity index (χ0v) is 11.2. The van der Waals surface area contributed by atoms with Crippen LogP contribution in [0.5, 0.6) is 0 Å². The summed E-state index contributed by atoms with van der Waals surface area (Å²) in [6, 6.07) is 4.99. The number of likely N-dealkylation sites (N-methyl/N-ethyl adjacent to an activating group) is 1. The molecule has 1 fully saturated rings. The van der Waals surface area contributed by atoms with Gasteiger partial charge in [-0.15, -0.1) is 0 Å². The standard InChI is InChI=1S/C12H17FN2O2S/c1-14-7-2-8-15(10-9-14)18(16,17)12-5-3-11(13)4-6-12/h3-6H,2,7-10H2,1H3. The molecule has 0 radical (unpaired) electrons. The van der Waals surface area contributed by atoms with Crippen molar-refractivity contribution in [3.05, 3.63) is 30.1 Å². The second kappa shape index (κ2) is 5.34. The Balaban J connectivity index is 2.22. The minimum atomic E-state index is -3.49. The average molecular weight is 272 g/mol. The van der Waals surface area contributed by atoms with E-state index < -0.39 is 15.8 Å².